The average Bonchev–Trinajstić information content (AvgIpc) is 2.29. The number of carbonyl (C=O) groups excluding carboxylic acids is 1. The van der Waals surface area contributed by atoms with Gasteiger partial charge in [-0.25, -0.2) is 0 Å². The summed E-state index contributed by atoms with van der Waals surface area (Å²) in [6, 6.07) is 10.1. The van der Waals surface area contributed by atoms with E-state index in [9.17, 15) is 4.79 Å². The molecule has 0 aliphatic rings. The van der Waals surface area contributed by atoms with Gasteiger partial charge in [0.25, 0.3) is 5.91 Å². The van der Waals surface area contributed by atoms with E-state index >= 15 is 0 Å². The maximum Gasteiger partial charge on any atom is 0.251 e. The predicted octanol–water partition coefficient (Wildman–Crippen LogP) is 1.59. The largest absolute Gasteiger partial charge is 0.349 e. The SMILES string of the molecule is CC(CC#N)NC(=O)c1ccc(C#N)cc1. The van der Waals surface area contributed by atoms with Gasteiger partial charge in [-0.15, -0.1) is 0 Å². The highest BCUT2D eigenvalue weighted by molar-refractivity contribution is 5.94. The Morgan fingerprint density at radius 2 is 2.00 bits per heavy atom. The second kappa shape index (κ2) is 5.53. The van der Waals surface area contributed by atoms with E-state index in [1.807, 2.05) is 12.1 Å². The van der Waals surface area contributed by atoms with Gasteiger partial charge in [0.1, 0.15) is 0 Å². The number of rotatable bonds is 3. The van der Waals surface area contributed by atoms with E-state index in [-0.39, 0.29) is 18.4 Å². The van der Waals surface area contributed by atoms with Crippen LogP contribution >= 0.6 is 0 Å². The summed E-state index contributed by atoms with van der Waals surface area (Å²) in [5.41, 5.74) is 1.01. The standard InChI is InChI=1S/C12H11N3O/c1-9(6-7-13)15-12(16)11-4-2-10(8-14)3-5-11/h2-5,9H,6H2,1H3,(H,15,16). The van der Waals surface area contributed by atoms with Gasteiger partial charge in [0, 0.05) is 11.6 Å². The Bertz CT molecular complexity index is 451. The summed E-state index contributed by atoms with van der Waals surface area (Å²) in [5, 5.41) is 19.7. The van der Waals surface area contributed by atoms with Crippen molar-refractivity contribution < 1.29 is 4.79 Å². The molecule has 1 N–H and O–H groups in total. The Kier molecular flexibility index (Phi) is 4.06. The molecule has 0 radical (unpaired) electrons. The number of hydrogen-bond acceptors (Lipinski definition) is 3. The summed E-state index contributed by atoms with van der Waals surface area (Å²) < 4.78 is 0. The third kappa shape index (κ3) is 3.11. The number of nitriles is 2. The van der Waals surface area contributed by atoms with Gasteiger partial charge >= 0.3 is 0 Å². The maximum atomic E-state index is 11.6. The highest BCUT2D eigenvalue weighted by Crippen LogP contribution is 2.03. The predicted molar refractivity (Wildman–Crippen MR) is 58.3 cm³/mol. The van der Waals surface area contributed by atoms with Crippen LogP contribution in [0.15, 0.2) is 24.3 Å². The number of nitrogens with zero attached hydrogens (tertiary/aromatic N) is 2. The normalized spacial score (nSPS) is 10.9. The van der Waals surface area contributed by atoms with Crippen molar-refractivity contribution in [2.75, 3.05) is 0 Å². The molecule has 1 amide bonds. The molecule has 1 aromatic rings. The number of hydrogen-bond donors (Lipinski definition) is 1. The quantitative estimate of drug-likeness (QED) is 0.828. The van der Waals surface area contributed by atoms with E-state index in [1.165, 1.54) is 0 Å². The van der Waals surface area contributed by atoms with Gasteiger partial charge < -0.3 is 5.32 Å². The first kappa shape index (κ1) is 11.7. The first-order valence-corrected chi connectivity index (χ1v) is 4.85. The molecule has 1 atom stereocenters. The summed E-state index contributed by atoms with van der Waals surface area (Å²) in [6.45, 7) is 1.77. The molecule has 0 aliphatic carbocycles. The summed E-state index contributed by atoms with van der Waals surface area (Å²) in [6.07, 6.45) is 0.280. The molecular weight excluding hydrogens is 202 g/mol. The zero-order chi connectivity index (χ0) is 12.0. The van der Waals surface area contributed by atoms with E-state index in [1.54, 1.807) is 31.2 Å². The molecule has 1 rings (SSSR count). The summed E-state index contributed by atoms with van der Waals surface area (Å²) in [7, 11) is 0. The zero-order valence-corrected chi connectivity index (χ0v) is 8.90. The summed E-state index contributed by atoms with van der Waals surface area (Å²) >= 11 is 0. The molecule has 1 aromatic carbocycles. The number of nitrogens with one attached hydrogen (secondary N) is 1. The third-order valence-electron chi connectivity index (χ3n) is 2.05. The number of benzene rings is 1. The molecule has 4 heteroatoms. The van der Waals surface area contributed by atoms with E-state index in [0.717, 1.165) is 0 Å². The lowest BCUT2D eigenvalue weighted by molar-refractivity contribution is 0.0941. The summed E-state index contributed by atoms with van der Waals surface area (Å²) in [4.78, 5) is 11.6. The Hall–Kier alpha value is -2.33. The molecule has 0 spiro atoms. The van der Waals surface area contributed by atoms with Crippen molar-refractivity contribution >= 4 is 5.91 Å². The van der Waals surface area contributed by atoms with Gasteiger partial charge in [0.15, 0.2) is 0 Å². The fraction of sp³-hybridized carbons (Fsp3) is 0.250. The lowest BCUT2D eigenvalue weighted by Gasteiger charge is -2.09. The lowest BCUT2D eigenvalue weighted by atomic mass is 10.1. The first-order valence-electron chi connectivity index (χ1n) is 4.85. The summed E-state index contributed by atoms with van der Waals surface area (Å²) in [5.74, 6) is -0.229. The molecule has 16 heavy (non-hydrogen) atoms. The fourth-order valence-corrected chi connectivity index (χ4v) is 1.19. The molecule has 0 fully saturated rings. The van der Waals surface area contributed by atoms with Crippen LogP contribution in [0.4, 0.5) is 0 Å². The topological polar surface area (TPSA) is 76.7 Å². The highest BCUT2D eigenvalue weighted by atomic mass is 16.1. The Labute approximate surface area is 94.1 Å². The Morgan fingerprint density at radius 3 is 2.50 bits per heavy atom. The van der Waals surface area contributed by atoms with Crippen LogP contribution in [-0.2, 0) is 0 Å². The molecule has 0 aliphatic heterocycles. The highest BCUT2D eigenvalue weighted by Gasteiger charge is 2.08. The fourth-order valence-electron chi connectivity index (χ4n) is 1.19. The second-order valence-corrected chi connectivity index (χ2v) is 3.43. The Morgan fingerprint density at radius 1 is 1.38 bits per heavy atom. The molecule has 0 aromatic heterocycles. The van der Waals surface area contributed by atoms with Crippen molar-refractivity contribution in [3.63, 3.8) is 0 Å². The molecular formula is C12H11N3O. The molecule has 0 heterocycles. The molecule has 0 saturated carbocycles. The van der Waals surface area contributed by atoms with Gasteiger partial charge in [-0.1, -0.05) is 0 Å². The molecule has 0 saturated heterocycles. The van der Waals surface area contributed by atoms with Crippen molar-refractivity contribution in [1.29, 1.82) is 10.5 Å². The molecule has 0 bridgehead atoms. The molecule has 4 nitrogen and oxygen atoms in total. The minimum atomic E-state index is -0.229. The maximum absolute atomic E-state index is 11.6. The number of carbonyl (C=O) groups is 1. The van der Waals surface area contributed by atoms with E-state index in [4.69, 9.17) is 10.5 Å². The minimum Gasteiger partial charge on any atom is -0.349 e. The first-order chi connectivity index (χ1) is 7.67. The van der Waals surface area contributed by atoms with Gasteiger partial charge in [-0.2, -0.15) is 10.5 Å². The van der Waals surface area contributed by atoms with E-state index in [0.29, 0.717) is 11.1 Å². The van der Waals surface area contributed by atoms with E-state index in [2.05, 4.69) is 5.32 Å². The zero-order valence-electron chi connectivity index (χ0n) is 8.90. The second-order valence-electron chi connectivity index (χ2n) is 3.43. The van der Waals surface area contributed by atoms with Gasteiger partial charge in [0.2, 0.25) is 0 Å². The van der Waals surface area contributed by atoms with Crippen LogP contribution in [0.2, 0.25) is 0 Å². The minimum absolute atomic E-state index is 0.173. The molecule has 1 unspecified atom stereocenters. The smallest absolute Gasteiger partial charge is 0.251 e. The van der Waals surface area contributed by atoms with Gasteiger partial charge in [-0.05, 0) is 31.2 Å². The van der Waals surface area contributed by atoms with Crippen molar-refractivity contribution in [2.24, 2.45) is 0 Å². The van der Waals surface area contributed by atoms with Crippen LogP contribution in [0.1, 0.15) is 29.3 Å². The van der Waals surface area contributed by atoms with Crippen molar-refractivity contribution in [2.45, 2.75) is 19.4 Å². The monoisotopic (exact) mass is 213 g/mol. The van der Waals surface area contributed by atoms with Gasteiger partial charge in [0.05, 0.1) is 24.1 Å². The number of amides is 1. The third-order valence-corrected chi connectivity index (χ3v) is 2.05. The van der Waals surface area contributed by atoms with Crippen molar-refractivity contribution in [3.05, 3.63) is 35.4 Å². The van der Waals surface area contributed by atoms with Crippen LogP contribution in [0, 0.1) is 22.7 Å². The van der Waals surface area contributed by atoms with Crippen LogP contribution in [0.3, 0.4) is 0 Å². The van der Waals surface area contributed by atoms with Crippen molar-refractivity contribution in [1.82, 2.24) is 5.32 Å². The average molecular weight is 213 g/mol. The lowest BCUT2D eigenvalue weighted by Crippen LogP contribution is -2.32. The van der Waals surface area contributed by atoms with E-state index < -0.39 is 0 Å². The van der Waals surface area contributed by atoms with Crippen LogP contribution < -0.4 is 5.32 Å². The van der Waals surface area contributed by atoms with Crippen LogP contribution in [-0.4, -0.2) is 11.9 Å². The van der Waals surface area contributed by atoms with Crippen molar-refractivity contribution in [3.8, 4) is 12.1 Å². The molecule has 80 valence electrons. The Balaban J connectivity index is 2.67. The van der Waals surface area contributed by atoms with Gasteiger partial charge in [-0.3, -0.25) is 4.79 Å². The van der Waals surface area contributed by atoms with Crippen LogP contribution in [0.25, 0.3) is 0 Å². The van der Waals surface area contributed by atoms with Crippen LogP contribution in [0.5, 0.6) is 0 Å².